The highest BCUT2D eigenvalue weighted by molar-refractivity contribution is 5.87. The molecule has 1 aliphatic heterocycles. The van der Waals surface area contributed by atoms with Gasteiger partial charge in [0.1, 0.15) is 23.1 Å². The molecular formula is C24H21F2N5O2. The fourth-order valence-electron chi connectivity index (χ4n) is 4.07. The largest absolute Gasteiger partial charge is 0.396 e. The van der Waals surface area contributed by atoms with Crippen molar-refractivity contribution in [1.29, 1.82) is 0 Å². The molecule has 0 saturated carbocycles. The minimum Gasteiger partial charge on any atom is -0.396 e. The topological polar surface area (TPSA) is 85.0 Å². The highest BCUT2D eigenvalue weighted by Gasteiger charge is 2.28. The van der Waals surface area contributed by atoms with Gasteiger partial charge in [-0.3, -0.25) is 4.79 Å². The van der Waals surface area contributed by atoms with Crippen molar-refractivity contribution in [3.05, 3.63) is 82.1 Å². The molecule has 33 heavy (non-hydrogen) atoms. The van der Waals surface area contributed by atoms with E-state index in [0.29, 0.717) is 35.9 Å². The van der Waals surface area contributed by atoms with Gasteiger partial charge >= 0.3 is 0 Å². The summed E-state index contributed by atoms with van der Waals surface area (Å²) in [7, 11) is 0. The van der Waals surface area contributed by atoms with E-state index in [0.717, 1.165) is 23.8 Å². The Morgan fingerprint density at radius 3 is 2.73 bits per heavy atom. The number of rotatable bonds is 4. The Balaban J connectivity index is 1.76. The minimum atomic E-state index is -0.626. The minimum absolute atomic E-state index is 0.00955. The quantitative estimate of drug-likeness (QED) is 0.499. The van der Waals surface area contributed by atoms with E-state index in [1.807, 2.05) is 25.1 Å². The number of para-hydroxylation sites is 1. The van der Waals surface area contributed by atoms with Gasteiger partial charge in [0, 0.05) is 37.2 Å². The Morgan fingerprint density at radius 1 is 1.12 bits per heavy atom. The van der Waals surface area contributed by atoms with Crippen molar-refractivity contribution in [2.24, 2.45) is 5.92 Å². The molecule has 5 rings (SSSR count). The summed E-state index contributed by atoms with van der Waals surface area (Å²) in [6.45, 7) is 2.72. The Kier molecular flexibility index (Phi) is 5.26. The van der Waals surface area contributed by atoms with Crippen molar-refractivity contribution in [1.82, 2.24) is 19.6 Å². The monoisotopic (exact) mass is 449 g/mol. The van der Waals surface area contributed by atoms with Gasteiger partial charge in [0.05, 0.1) is 16.9 Å². The van der Waals surface area contributed by atoms with E-state index < -0.39 is 11.6 Å². The third-order valence-corrected chi connectivity index (χ3v) is 5.78. The predicted molar refractivity (Wildman–Crippen MR) is 120 cm³/mol. The second-order valence-corrected chi connectivity index (χ2v) is 8.06. The average Bonchev–Trinajstić information content (AvgIpc) is 3.20. The molecule has 2 aromatic heterocycles. The summed E-state index contributed by atoms with van der Waals surface area (Å²) in [6.07, 6.45) is 0. The van der Waals surface area contributed by atoms with Crippen molar-refractivity contribution in [2.75, 3.05) is 18.5 Å². The molecule has 1 unspecified atom stereocenters. The van der Waals surface area contributed by atoms with E-state index >= 15 is 0 Å². The smallest absolute Gasteiger partial charge is 0.271 e. The molecule has 2 N–H and O–H groups in total. The van der Waals surface area contributed by atoms with Gasteiger partial charge < -0.3 is 10.4 Å². The lowest BCUT2D eigenvalue weighted by atomic mass is 10.0. The molecule has 0 radical (unpaired) electrons. The molecule has 0 amide bonds. The number of anilines is 1. The van der Waals surface area contributed by atoms with Crippen molar-refractivity contribution >= 4 is 5.82 Å². The molecule has 0 aliphatic carbocycles. The summed E-state index contributed by atoms with van der Waals surface area (Å²) in [5, 5.41) is 21.9. The van der Waals surface area contributed by atoms with E-state index in [9.17, 15) is 18.7 Å². The van der Waals surface area contributed by atoms with Crippen molar-refractivity contribution in [2.45, 2.75) is 13.5 Å². The predicted octanol–water partition coefficient (Wildman–Crippen LogP) is 3.38. The van der Waals surface area contributed by atoms with Crippen LogP contribution < -0.4 is 10.9 Å². The van der Waals surface area contributed by atoms with Gasteiger partial charge in [-0.05, 0) is 42.8 Å². The first kappa shape index (κ1) is 21.0. The van der Waals surface area contributed by atoms with E-state index in [2.05, 4.69) is 15.5 Å². The maximum Gasteiger partial charge on any atom is 0.271 e. The number of halogens is 2. The number of hydrogen-bond donors (Lipinski definition) is 2. The van der Waals surface area contributed by atoms with Crippen molar-refractivity contribution in [3.8, 4) is 28.2 Å². The van der Waals surface area contributed by atoms with Crippen LogP contribution in [0.15, 0.2) is 59.4 Å². The molecule has 4 aromatic rings. The number of fused-ring (bicyclic) bond motifs is 1. The molecule has 7 nitrogen and oxygen atoms in total. The van der Waals surface area contributed by atoms with Gasteiger partial charge in [-0.15, -0.1) is 0 Å². The molecule has 3 heterocycles. The van der Waals surface area contributed by atoms with Gasteiger partial charge in [0.2, 0.25) is 0 Å². The van der Waals surface area contributed by atoms with E-state index in [4.69, 9.17) is 0 Å². The average molecular weight is 449 g/mol. The molecule has 0 fully saturated rings. The number of aromatic nitrogens is 4. The lowest BCUT2D eigenvalue weighted by Crippen LogP contribution is -2.30. The number of nitrogens with one attached hydrogen (secondary N) is 1. The molecule has 1 atom stereocenters. The van der Waals surface area contributed by atoms with E-state index in [-0.39, 0.29) is 29.3 Å². The number of benzene rings is 2. The first-order valence-corrected chi connectivity index (χ1v) is 10.5. The normalized spacial score (nSPS) is 15.2. The number of hydrogen-bond acceptors (Lipinski definition) is 5. The van der Waals surface area contributed by atoms with Gasteiger partial charge in [0.15, 0.2) is 0 Å². The van der Waals surface area contributed by atoms with Crippen molar-refractivity contribution in [3.63, 3.8) is 0 Å². The molecule has 1 aliphatic rings. The third-order valence-electron chi connectivity index (χ3n) is 5.78. The van der Waals surface area contributed by atoms with Crippen LogP contribution in [0.5, 0.6) is 0 Å². The molecule has 168 valence electrons. The zero-order valence-corrected chi connectivity index (χ0v) is 17.8. The fourth-order valence-corrected chi connectivity index (χ4v) is 4.07. The second kappa shape index (κ2) is 8.25. The maximum absolute atomic E-state index is 14.8. The van der Waals surface area contributed by atoms with Gasteiger partial charge in [0.25, 0.3) is 5.56 Å². The maximum atomic E-state index is 14.8. The molecular weight excluding hydrogens is 428 g/mol. The number of aliphatic hydroxyl groups excluding tert-OH is 1. The summed E-state index contributed by atoms with van der Waals surface area (Å²) < 4.78 is 31.7. The summed E-state index contributed by atoms with van der Waals surface area (Å²) in [5.41, 5.74) is 2.20. The number of aliphatic hydroxyl groups is 1. The first-order chi connectivity index (χ1) is 16.0. The fraction of sp³-hybridized carbons (Fsp3) is 0.208. The standard InChI is InChI=1S/C24H21F2N5O2/c1-14-4-2-3-5-20(14)31-21(33)9-8-19(28-31)22-23(17-10-16(25)6-7-18(17)26)29-30-12-15(13-32)11-27-24(22)30/h2-10,15,27,32H,11-13H2,1H3. The highest BCUT2D eigenvalue weighted by Crippen LogP contribution is 2.39. The summed E-state index contributed by atoms with van der Waals surface area (Å²) in [4.78, 5) is 12.6. The third kappa shape index (κ3) is 3.70. The van der Waals surface area contributed by atoms with Gasteiger partial charge in [-0.25, -0.2) is 13.5 Å². The number of aryl methyl sites for hydroxylation is 1. The Morgan fingerprint density at radius 2 is 1.94 bits per heavy atom. The second-order valence-electron chi connectivity index (χ2n) is 8.06. The Bertz CT molecular complexity index is 1410. The van der Waals surface area contributed by atoms with Gasteiger partial charge in [-0.2, -0.15) is 14.9 Å². The Hall–Kier alpha value is -3.85. The van der Waals surface area contributed by atoms with Crippen LogP contribution in [0.4, 0.5) is 14.6 Å². The Labute approximate surface area is 187 Å². The lowest BCUT2D eigenvalue weighted by Gasteiger charge is -2.24. The highest BCUT2D eigenvalue weighted by atomic mass is 19.1. The summed E-state index contributed by atoms with van der Waals surface area (Å²) in [5.74, 6) is -0.730. The van der Waals surface area contributed by atoms with Crippen LogP contribution in [-0.2, 0) is 6.54 Å². The molecule has 0 saturated heterocycles. The van der Waals surface area contributed by atoms with Crippen LogP contribution in [0.25, 0.3) is 28.2 Å². The van der Waals surface area contributed by atoms with Crippen LogP contribution in [0.3, 0.4) is 0 Å². The van der Waals surface area contributed by atoms with Crippen LogP contribution in [-0.4, -0.2) is 37.8 Å². The van der Waals surface area contributed by atoms with Crippen LogP contribution in [0.1, 0.15) is 5.56 Å². The van der Waals surface area contributed by atoms with Crippen LogP contribution >= 0.6 is 0 Å². The summed E-state index contributed by atoms with van der Waals surface area (Å²) in [6, 6.07) is 13.5. The SMILES string of the molecule is Cc1ccccc1-n1nc(-c2c(-c3cc(F)ccc3F)nn3c2NCC(CO)C3)ccc1=O. The van der Waals surface area contributed by atoms with E-state index in [1.165, 1.54) is 10.7 Å². The van der Waals surface area contributed by atoms with Gasteiger partial charge in [-0.1, -0.05) is 18.2 Å². The van der Waals surface area contributed by atoms with Crippen LogP contribution in [0.2, 0.25) is 0 Å². The molecule has 9 heteroatoms. The zero-order chi connectivity index (χ0) is 23.1. The first-order valence-electron chi connectivity index (χ1n) is 10.5. The van der Waals surface area contributed by atoms with Crippen molar-refractivity contribution < 1.29 is 13.9 Å². The van der Waals surface area contributed by atoms with Crippen LogP contribution in [0, 0.1) is 24.5 Å². The molecule has 0 spiro atoms. The van der Waals surface area contributed by atoms with E-state index in [1.54, 1.807) is 16.8 Å². The molecule has 2 aromatic carbocycles. The lowest BCUT2D eigenvalue weighted by molar-refractivity contribution is 0.209. The zero-order valence-electron chi connectivity index (χ0n) is 17.8. The number of nitrogens with zero attached hydrogens (tertiary/aromatic N) is 4. The molecule has 0 bridgehead atoms. The summed E-state index contributed by atoms with van der Waals surface area (Å²) >= 11 is 0.